The van der Waals surface area contributed by atoms with Crippen molar-refractivity contribution in [2.75, 3.05) is 10.6 Å². The van der Waals surface area contributed by atoms with Gasteiger partial charge in [-0.3, -0.25) is 10.1 Å². The summed E-state index contributed by atoms with van der Waals surface area (Å²) in [6, 6.07) is 10.2. The van der Waals surface area contributed by atoms with Gasteiger partial charge in [0.25, 0.3) is 5.91 Å². The Hall–Kier alpha value is -2.89. The monoisotopic (exact) mass is 327 g/mol. The lowest BCUT2D eigenvalue weighted by atomic mass is 10.2. The highest BCUT2D eigenvalue weighted by atomic mass is 16.6. The number of hydrogen-bond acceptors (Lipinski definition) is 4. The van der Waals surface area contributed by atoms with Gasteiger partial charge in [0, 0.05) is 17.4 Å². The van der Waals surface area contributed by atoms with Gasteiger partial charge in [-0.25, -0.2) is 9.78 Å². The lowest BCUT2D eigenvalue weighted by Gasteiger charge is -2.19. The fourth-order valence-corrected chi connectivity index (χ4v) is 1.89. The maximum absolute atomic E-state index is 12.3. The number of amides is 2. The zero-order valence-corrected chi connectivity index (χ0v) is 14.2. The molecule has 0 atom stereocenters. The number of nitrogens with one attached hydrogen (secondary N) is 2. The third kappa shape index (κ3) is 5.39. The zero-order chi connectivity index (χ0) is 17.7. The molecule has 0 saturated carbocycles. The predicted molar refractivity (Wildman–Crippen MR) is 93.2 cm³/mol. The normalized spacial score (nSPS) is 10.8. The van der Waals surface area contributed by atoms with Crippen molar-refractivity contribution in [3.05, 3.63) is 53.7 Å². The van der Waals surface area contributed by atoms with Crippen LogP contribution in [0.2, 0.25) is 0 Å². The average molecular weight is 327 g/mol. The first-order valence-electron chi connectivity index (χ1n) is 7.57. The second kappa shape index (κ2) is 7.12. The number of benzene rings is 1. The number of nitrogens with zero attached hydrogens (tertiary/aromatic N) is 1. The van der Waals surface area contributed by atoms with Crippen molar-refractivity contribution in [3.63, 3.8) is 0 Å². The maximum atomic E-state index is 12.3. The molecular formula is C18H21N3O3. The summed E-state index contributed by atoms with van der Waals surface area (Å²) in [6.07, 6.45) is 1.11. The minimum absolute atomic E-state index is 0.306. The number of carbonyl (C=O) groups excluding carboxylic acids is 2. The van der Waals surface area contributed by atoms with Gasteiger partial charge >= 0.3 is 6.09 Å². The molecule has 24 heavy (non-hydrogen) atoms. The summed E-state index contributed by atoms with van der Waals surface area (Å²) in [6.45, 7) is 7.27. The Balaban J connectivity index is 2.05. The number of anilines is 2. The van der Waals surface area contributed by atoms with Crippen LogP contribution in [0.1, 0.15) is 36.7 Å². The van der Waals surface area contributed by atoms with Gasteiger partial charge in [-0.15, -0.1) is 0 Å². The standard InChI is InChI=1S/C18H21N3O3/c1-12-8-9-15(19-11-12)21-16(22)13-6-5-7-14(10-13)20-17(23)24-18(2,3)4/h5-11H,1-4H3,(H,20,23)(H,19,21,22). The van der Waals surface area contributed by atoms with E-state index in [1.165, 1.54) is 0 Å². The molecule has 0 spiro atoms. The largest absolute Gasteiger partial charge is 0.444 e. The Morgan fingerprint density at radius 1 is 1.08 bits per heavy atom. The van der Waals surface area contributed by atoms with Crippen molar-refractivity contribution in [2.24, 2.45) is 0 Å². The lowest BCUT2D eigenvalue weighted by molar-refractivity contribution is 0.0635. The number of aromatic nitrogens is 1. The average Bonchev–Trinajstić information content (AvgIpc) is 2.48. The van der Waals surface area contributed by atoms with E-state index < -0.39 is 11.7 Å². The van der Waals surface area contributed by atoms with Crippen LogP contribution in [0.25, 0.3) is 0 Å². The second-order valence-electron chi connectivity index (χ2n) is 6.38. The second-order valence-corrected chi connectivity index (χ2v) is 6.38. The topological polar surface area (TPSA) is 80.3 Å². The molecule has 0 radical (unpaired) electrons. The van der Waals surface area contributed by atoms with Crippen molar-refractivity contribution < 1.29 is 14.3 Å². The summed E-state index contributed by atoms with van der Waals surface area (Å²) in [5, 5.41) is 5.32. The van der Waals surface area contributed by atoms with Gasteiger partial charge < -0.3 is 10.1 Å². The maximum Gasteiger partial charge on any atom is 0.412 e. The highest BCUT2D eigenvalue weighted by Gasteiger charge is 2.16. The molecule has 0 aliphatic heterocycles. The molecule has 2 rings (SSSR count). The number of rotatable bonds is 3. The molecule has 0 unspecified atom stereocenters. The van der Waals surface area contributed by atoms with Crippen LogP contribution in [0.5, 0.6) is 0 Å². The smallest absolute Gasteiger partial charge is 0.412 e. The van der Waals surface area contributed by atoms with Crippen LogP contribution in [0, 0.1) is 6.92 Å². The van der Waals surface area contributed by atoms with E-state index in [0.29, 0.717) is 17.1 Å². The Labute approximate surface area is 141 Å². The summed E-state index contributed by atoms with van der Waals surface area (Å²) >= 11 is 0. The quantitative estimate of drug-likeness (QED) is 0.893. The Morgan fingerprint density at radius 2 is 1.83 bits per heavy atom. The molecule has 1 aromatic heterocycles. The van der Waals surface area contributed by atoms with Crippen molar-refractivity contribution in [1.82, 2.24) is 4.98 Å². The molecule has 2 amide bonds. The fraction of sp³-hybridized carbons (Fsp3) is 0.278. The van der Waals surface area contributed by atoms with Crippen LogP contribution in [-0.4, -0.2) is 22.6 Å². The van der Waals surface area contributed by atoms with E-state index in [2.05, 4.69) is 15.6 Å². The van der Waals surface area contributed by atoms with Crippen LogP contribution in [-0.2, 0) is 4.74 Å². The lowest BCUT2D eigenvalue weighted by Crippen LogP contribution is -2.27. The van der Waals surface area contributed by atoms with E-state index in [-0.39, 0.29) is 5.91 Å². The van der Waals surface area contributed by atoms with Crippen molar-refractivity contribution >= 4 is 23.5 Å². The van der Waals surface area contributed by atoms with E-state index in [1.54, 1.807) is 57.3 Å². The third-order valence-electron chi connectivity index (χ3n) is 2.92. The molecule has 1 aromatic carbocycles. The van der Waals surface area contributed by atoms with Gasteiger partial charge in [0.15, 0.2) is 0 Å². The van der Waals surface area contributed by atoms with Crippen molar-refractivity contribution in [2.45, 2.75) is 33.3 Å². The molecular weight excluding hydrogens is 306 g/mol. The Morgan fingerprint density at radius 3 is 2.46 bits per heavy atom. The highest BCUT2D eigenvalue weighted by molar-refractivity contribution is 6.04. The molecule has 0 aliphatic carbocycles. The molecule has 126 valence electrons. The predicted octanol–water partition coefficient (Wildman–Crippen LogP) is 3.99. The molecule has 1 heterocycles. The van der Waals surface area contributed by atoms with Gasteiger partial charge in [0.1, 0.15) is 11.4 Å². The highest BCUT2D eigenvalue weighted by Crippen LogP contribution is 2.15. The molecule has 0 fully saturated rings. The molecule has 0 aliphatic rings. The summed E-state index contributed by atoms with van der Waals surface area (Å²) < 4.78 is 5.19. The first-order chi connectivity index (χ1) is 11.2. The number of hydrogen-bond donors (Lipinski definition) is 2. The number of ether oxygens (including phenoxy) is 1. The molecule has 6 heteroatoms. The van der Waals surface area contributed by atoms with Gasteiger partial charge in [0.05, 0.1) is 0 Å². The third-order valence-corrected chi connectivity index (χ3v) is 2.92. The van der Waals surface area contributed by atoms with Gasteiger partial charge in [-0.05, 0) is 57.5 Å². The van der Waals surface area contributed by atoms with Crippen LogP contribution in [0.3, 0.4) is 0 Å². The summed E-state index contributed by atoms with van der Waals surface area (Å²) in [7, 11) is 0. The summed E-state index contributed by atoms with van der Waals surface area (Å²) in [4.78, 5) is 28.2. The first kappa shape index (κ1) is 17.5. The molecule has 0 bridgehead atoms. The summed E-state index contributed by atoms with van der Waals surface area (Å²) in [5.41, 5.74) is 1.31. The SMILES string of the molecule is Cc1ccc(NC(=O)c2cccc(NC(=O)OC(C)(C)C)c2)nc1. The molecule has 2 N–H and O–H groups in total. The van der Waals surface area contributed by atoms with Gasteiger partial charge in [-0.2, -0.15) is 0 Å². The number of pyridine rings is 1. The van der Waals surface area contributed by atoms with Crippen LogP contribution in [0.15, 0.2) is 42.6 Å². The molecule has 2 aromatic rings. The van der Waals surface area contributed by atoms with E-state index >= 15 is 0 Å². The molecule has 6 nitrogen and oxygen atoms in total. The Kier molecular flexibility index (Phi) is 5.18. The fourth-order valence-electron chi connectivity index (χ4n) is 1.89. The minimum Gasteiger partial charge on any atom is -0.444 e. The van der Waals surface area contributed by atoms with Crippen molar-refractivity contribution in [1.29, 1.82) is 0 Å². The molecule has 0 saturated heterocycles. The van der Waals surface area contributed by atoms with Gasteiger partial charge in [-0.1, -0.05) is 12.1 Å². The van der Waals surface area contributed by atoms with E-state index in [4.69, 9.17) is 4.74 Å². The van der Waals surface area contributed by atoms with E-state index in [1.807, 2.05) is 13.0 Å². The zero-order valence-electron chi connectivity index (χ0n) is 14.2. The Bertz CT molecular complexity index is 734. The van der Waals surface area contributed by atoms with Crippen LogP contribution >= 0.6 is 0 Å². The van der Waals surface area contributed by atoms with Crippen LogP contribution < -0.4 is 10.6 Å². The van der Waals surface area contributed by atoms with E-state index in [9.17, 15) is 9.59 Å². The number of carbonyl (C=O) groups is 2. The van der Waals surface area contributed by atoms with E-state index in [0.717, 1.165) is 5.56 Å². The van der Waals surface area contributed by atoms with Gasteiger partial charge in [0.2, 0.25) is 0 Å². The summed E-state index contributed by atoms with van der Waals surface area (Å²) in [5.74, 6) is 0.162. The minimum atomic E-state index is -0.587. The van der Waals surface area contributed by atoms with Crippen LogP contribution in [0.4, 0.5) is 16.3 Å². The number of aryl methyl sites for hydroxylation is 1. The first-order valence-corrected chi connectivity index (χ1v) is 7.57. The van der Waals surface area contributed by atoms with Crippen molar-refractivity contribution in [3.8, 4) is 0 Å².